The van der Waals surface area contributed by atoms with Crippen molar-refractivity contribution in [1.82, 2.24) is 15.1 Å². The zero-order valence-electron chi connectivity index (χ0n) is 12.7. The van der Waals surface area contributed by atoms with Gasteiger partial charge in [0.25, 0.3) is 0 Å². The maximum absolute atomic E-state index is 12.8. The van der Waals surface area contributed by atoms with Gasteiger partial charge in [-0.25, -0.2) is 0 Å². The molecule has 1 aliphatic carbocycles. The largest absolute Gasteiger partial charge is 0.374 e. The number of carbonyl (C=O) groups excluding carboxylic acids is 1. The first-order valence-electron chi connectivity index (χ1n) is 8.07. The van der Waals surface area contributed by atoms with Crippen LogP contribution in [0.25, 0.3) is 0 Å². The molecule has 3 fully saturated rings. The fourth-order valence-electron chi connectivity index (χ4n) is 3.97. The van der Waals surface area contributed by atoms with Crippen molar-refractivity contribution in [1.29, 1.82) is 0 Å². The van der Waals surface area contributed by atoms with E-state index in [0.717, 1.165) is 45.6 Å². The predicted octanol–water partition coefficient (Wildman–Crippen LogP) is 0.798. The van der Waals surface area contributed by atoms with E-state index in [1.807, 2.05) is 4.90 Å². The van der Waals surface area contributed by atoms with Crippen molar-refractivity contribution in [2.75, 3.05) is 32.8 Å². The molecule has 0 aromatic carbocycles. The molecule has 1 saturated carbocycles. The number of likely N-dealkylation sites (N-methyl/N-ethyl adjacent to an activating group) is 1. The minimum absolute atomic E-state index is 0.140. The van der Waals surface area contributed by atoms with Gasteiger partial charge in [0, 0.05) is 19.6 Å². The van der Waals surface area contributed by atoms with Gasteiger partial charge >= 0.3 is 0 Å². The van der Waals surface area contributed by atoms with Crippen LogP contribution in [0.2, 0.25) is 0 Å². The number of morpholine rings is 1. The third-order valence-electron chi connectivity index (χ3n) is 5.15. The summed E-state index contributed by atoms with van der Waals surface area (Å²) in [7, 11) is 0. The van der Waals surface area contributed by atoms with Crippen molar-refractivity contribution in [2.45, 2.75) is 57.3 Å². The third-order valence-corrected chi connectivity index (χ3v) is 5.15. The molecule has 0 bridgehead atoms. The smallest absolute Gasteiger partial charge is 0.244 e. The molecule has 2 atom stereocenters. The Labute approximate surface area is 121 Å². The van der Waals surface area contributed by atoms with Crippen LogP contribution in [0.4, 0.5) is 0 Å². The van der Waals surface area contributed by atoms with Crippen LogP contribution in [0.5, 0.6) is 0 Å². The number of nitrogens with one attached hydrogen (secondary N) is 1. The minimum atomic E-state index is -0.251. The SMILES string of the molecule is CCN1CCOC(CN2C(=O)C3(CCCC3)NC2C)C1. The van der Waals surface area contributed by atoms with Gasteiger partial charge in [0.05, 0.1) is 24.4 Å². The van der Waals surface area contributed by atoms with E-state index < -0.39 is 0 Å². The van der Waals surface area contributed by atoms with Crippen molar-refractivity contribution in [2.24, 2.45) is 0 Å². The topological polar surface area (TPSA) is 44.8 Å². The van der Waals surface area contributed by atoms with Crippen LogP contribution in [0.1, 0.15) is 39.5 Å². The van der Waals surface area contributed by atoms with Crippen LogP contribution in [-0.2, 0) is 9.53 Å². The molecular formula is C15H27N3O2. The molecule has 0 aromatic heterocycles. The Kier molecular flexibility index (Phi) is 4.02. The van der Waals surface area contributed by atoms with E-state index in [9.17, 15) is 4.79 Å². The molecule has 2 unspecified atom stereocenters. The lowest BCUT2D eigenvalue weighted by Gasteiger charge is -2.35. The Hall–Kier alpha value is -0.650. The molecule has 1 amide bonds. The molecular weight excluding hydrogens is 254 g/mol. The summed E-state index contributed by atoms with van der Waals surface area (Å²) in [5.41, 5.74) is -0.251. The van der Waals surface area contributed by atoms with Gasteiger partial charge in [-0.3, -0.25) is 15.0 Å². The fourth-order valence-corrected chi connectivity index (χ4v) is 3.97. The Morgan fingerprint density at radius 1 is 1.40 bits per heavy atom. The van der Waals surface area contributed by atoms with E-state index in [2.05, 4.69) is 24.1 Å². The van der Waals surface area contributed by atoms with Gasteiger partial charge in [-0.1, -0.05) is 19.8 Å². The highest BCUT2D eigenvalue weighted by Gasteiger charge is 2.51. The van der Waals surface area contributed by atoms with Crippen molar-refractivity contribution in [3.63, 3.8) is 0 Å². The highest BCUT2D eigenvalue weighted by atomic mass is 16.5. The highest BCUT2D eigenvalue weighted by Crippen LogP contribution is 2.36. The molecule has 1 spiro atoms. The Morgan fingerprint density at radius 2 is 2.15 bits per heavy atom. The third kappa shape index (κ3) is 2.47. The van der Waals surface area contributed by atoms with Crippen LogP contribution in [-0.4, -0.2) is 66.3 Å². The first-order chi connectivity index (χ1) is 9.64. The van der Waals surface area contributed by atoms with Gasteiger partial charge in [-0.2, -0.15) is 0 Å². The number of hydrogen-bond acceptors (Lipinski definition) is 4. The zero-order chi connectivity index (χ0) is 14.2. The van der Waals surface area contributed by atoms with Gasteiger partial charge in [-0.05, 0) is 26.3 Å². The van der Waals surface area contributed by atoms with Crippen molar-refractivity contribution in [3.05, 3.63) is 0 Å². The Balaban J connectivity index is 1.63. The number of amides is 1. The minimum Gasteiger partial charge on any atom is -0.374 e. The summed E-state index contributed by atoms with van der Waals surface area (Å²) in [4.78, 5) is 17.2. The van der Waals surface area contributed by atoms with E-state index in [0.29, 0.717) is 5.91 Å². The molecule has 20 heavy (non-hydrogen) atoms. The molecule has 2 aliphatic heterocycles. The number of rotatable bonds is 3. The summed E-state index contributed by atoms with van der Waals surface area (Å²) in [6.45, 7) is 8.81. The number of ether oxygens (including phenoxy) is 1. The van der Waals surface area contributed by atoms with Gasteiger partial charge < -0.3 is 9.64 Å². The maximum Gasteiger partial charge on any atom is 0.244 e. The molecule has 2 heterocycles. The van der Waals surface area contributed by atoms with Crippen molar-refractivity contribution < 1.29 is 9.53 Å². The van der Waals surface area contributed by atoms with E-state index >= 15 is 0 Å². The quantitative estimate of drug-likeness (QED) is 0.831. The molecule has 114 valence electrons. The van der Waals surface area contributed by atoms with E-state index in [1.165, 1.54) is 12.8 Å². The maximum atomic E-state index is 12.8. The summed E-state index contributed by atoms with van der Waals surface area (Å²) in [5, 5.41) is 3.55. The molecule has 0 radical (unpaired) electrons. The van der Waals surface area contributed by atoms with Gasteiger partial charge in [0.2, 0.25) is 5.91 Å². The number of nitrogens with zero attached hydrogens (tertiary/aromatic N) is 2. The molecule has 0 aromatic rings. The van der Waals surface area contributed by atoms with Crippen LogP contribution in [0.15, 0.2) is 0 Å². The summed E-state index contributed by atoms with van der Waals surface area (Å²) in [5.74, 6) is 0.305. The van der Waals surface area contributed by atoms with Crippen LogP contribution in [0.3, 0.4) is 0 Å². The van der Waals surface area contributed by atoms with E-state index in [1.54, 1.807) is 0 Å². The first-order valence-corrected chi connectivity index (χ1v) is 8.07. The lowest BCUT2D eigenvalue weighted by molar-refractivity contribution is -0.136. The van der Waals surface area contributed by atoms with Gasteiger partial charge in [0.1, 0.15) is 0 Å². The molecule has 3 aliphatic rings. The summed E-state index contributed by atoms with van der Waals surface area (Å²) in [6, 6.07) is 0. The van der Waals surface area contributed by atoms with Crippen LogP contribution in [0, 0.1) is 0 Å². The molecule has 5 heteroatoms. The second-order valence-corrected chi connectivity index (χ2v) is 6.45. The number of carbonyl (C=O) groups is 1. The molecule has 1 N–H and O–H groups in total. The van der Waals surface area contributed by atoms with Crippen molar-refractivity contribution >= 4 is 5.91 Å². The predicted molar refractivity (Wildman–Crippen MR) is 77.4 cm³/mol. The van der Waals surface area contributed by atoms with Crippen LogP contribution < -0.4 is 5.32 Å². The van der Waals surface area contributed by atoms with E-state index in [-0.39, 0.29) is 17.8 Å². The Morgan fingerprint density at radius 3 is 2.85 bits per heavy atom. The Bertz CT molecular complexity index is 368. The first kappa shape index (κ1) is 14.3. The average molecular weight is 281 g/mol. The lowest BCUT2D eigenvalue weighted by atomic mass is 9.98. The van der Waals surface area contributed by atoms with Gasteiger partial charge in [-0.15, -0.1) is 0 Å². The lowest BCUT2D eigenvalue weighted by Crippen LogP contribution is -2.50. The average Bonchev–Trinajstić information content (AvgIpc) is 3.01. The summed E-state index contributed by atoms with van der Waals surface area (Å²) >= 11 is 0. The van der Waals surface area contributed by atoms with E-state index in [4.69, 9.17) is 4.74 Å². The van der Waals surface area contributed by atoms with Gasteiger partial charge in [0.15, 0.2) is 0 Å². The zero-order valence-corrected chi connectivity index (χ0v) is 12.7. The van der Waals surface area contributed by atoms with Crippen molar-refractivity contribution in [3.8, 4) is 0 Å². The molecule has 3 rings (SSSR count). The highest BCUT2D eigenvalue weighted by molar-refractivity contribution is 5.89. The molecule has 2 saturated heterocycles. The normalized spacial score (nSPS) is 34.3. The number of hydrogen-bond donors (Lipinski definition) is 1. The second-order valence-electron chi connectivity index (χ2n) is 6.45. The second kappa shape index (κ2) is 5.62. The monoisotopic (exact) mass is 281 g/mol. The standard InChI is InChI=1S/C15H27N3O2/c1-3-17-8-9-20-13(10-17)11-18-12(2)16-15(14(18)19)6-4-5-7-15/h12-13,16H,3-11H2,1-2H3. The van der Waals surface area contributed by atoms with Crippen LogP contribution >= 0.6 is 0 Å². The fraction of sp³-hybridized carbons (Fsp3) is 0.933. The summed E-state index contributed by atoms with van der Waals surface area (Å²) in [6.07, 6.45) is 4.64. The molecule has 5 nitrogen and oxygen atoms in total. The summed E-state index contributed by atoms with van der Waals surface area (Å²) < 4.78 is 5.86.